The van der Waals surface area contributed by atoms with Gasteiger partial charge in [0.2, 0.25) is 0 Å². The molecule has 0 amide bonds. The van der Waals surface area contributed by atoms with Gasteiger partial charge in [-0.25, -0.2) is 0 Å². The van der Waals surface area contributed by atoms with Crippen molar-refractivity contribution < 1.29 is 14.3 Å². The third-order valence-electron chi connectivity index (χ3n) is 5.53. The van der Waals surface area contributed by atoms with Crippen LogP contribution in [0.15, 0.2) is 36.5 Å². The van der Waals surface area contributed by atoms with Crippen LogP contribution in [0.25, 0.3) is 10.9 Å². The topological polar surface area (TPSA) is 48.4 Å². The number of pyridine rings is 1. The molecule has 0 saturated heterocycles. The lowest BCUT2D eigenvalue weighted by atomic mass is 9.80. The van der Waals surface area contributed by atoms with Crippen molar-refractivity contribution in [2.45, 2.75) is 38.5 Å². The van der Waals surface area contributed by atoms with Crippen molar-refractivity contribution in [3.63, 3.8) is 0 Å². The van der Waals surface area contributed by atoms with Crippen molar-refractivity contribution in [1.82, 2.24) is 4.98 Å². The lowest BCUT2D eigenvalue weighted by molar-refractivity contribution is -0.150. The molecule has 0 radical (unpaired) electrons. The molecule has 1 aromatic carbocycles. The molecule has 4 nitrogen and oxygen atoms in total. The van der Waals surface area contributed by atoms with E-state index < -0.39 is 0 Å². The van der Waals surface area contributed by atoms with Crippen LogP contribution in [0, 0.1) is 11.3 Å². The van der Waals surface area contributed by atoms with Crippen LogP contribution in [0.3, 0.4) is 0 Å². The van der Waals surface area contributed by atoms with Crippen molar-refractivity contribution >= 4 is 16.9 Å². The first-order chi connectivity index (χ1) is 11.8. The summed E-state index contributed by atoms with van der Waals surface area (Å²) in [7, 11) is 0. The average molecular weight is 325 g/mol. The first-order valence-corrected chi connectivity index (χ1v) is 8.89. The number of esters is 1. The normalized spacial score (nSPS) is 19.3. The Balaban J connectivity index is 1.24. The highest BCUT2D eigenvalue weighted by Gasteiger charge is 2.46. The second-order valence-corrected chi connectivity index (χ2v) is 7.12. The van der Waals surface area contributed by atoms with E-state index in [1.54, 1.807) is 6.20 Å². The highest BCUT2D eigenvalue weighted by atomic mass is 16.6. The second-order valence-electron chi connectivity index (χ2n) is 7.12. The zero-order valence-electron chi connectivity index (χ0n) is 13.9. The maximum Gasteiger partial charge on any atom is 0.309 e. The van der Waals surface area contributed by atoms with E-state index in [1.165, 1.54) is 25.7 Å². The number of para-hydroxylation sites is 1. The molecular weight excluding hydrogens is 302 g/mol. The van der Waals surface area contributed by atoms with Crippen LogP contribution in [-0.2, 0) is 9.53 Å². The number of ether oxygens (including phenoxy) is 2. The number of rotatable bonds is 5. The molecule has 24 heavy (non-hydrogen) atoms. The Kier molecular flexibility index (Phi) is 4.13. The molecule has 0 atom stereocenters. The Morgan fingerprint density at radius 1 is 1.08 bits per heavy atom. The third kappa shape index (κ3) is 3.23. The molecule has 2 saturated carbocycles. The summed E-state index contributed by atoms with van der Waals surface area (Å²) in [6, 6.07) is 9.71. The summed E-state index contributed by atoms with van der Waals surface area (Å²) in [6.07, 6.45) is 8.85. The van der Waals surface area contributed by atoms with Gasteiger partial charge in [0.25, 0.3) is 0 Å². The van der Waals surface area contributed by atoms with Crippen molar-refractivity contribution in [3.8, 4) is 5.75 Å². The van der Waals surface area contributed by atoms with Gasteiger partial charge < -0.3 is 9.47 Å². The molecule has 126 valence electrons. The van der Waals surface area contributed by atoms with E-state index in [0.29, 0.717) is 18.6 Å². The van der Waals surface area contributed by atoms with Crippen molar-refractivity contribution in [2.75, 3.05) is 13.2 Å². The van der Waals surface area contributed by atoms with E-state index in [9.17, 15) is 4.79 Å². The number of aromatic nitrogens is 1. The number of benzene rings is 1. The molecular formula is C20H23NO3. The fourth-order valence-corrected chi connectivity index (χ4v) is 3.75. The van der Waals surface area contributed by atoms with E-state index in [4.69, 9.17) is 9.47 Å². The fraction of sp³-hybridized carbons (Fsp3) is 0.500. The number of hydrogen-bond donors (Lipinski definition) is 0. The van der Waals surface area contributed by atoms with Gasteiger partial charge in [-0.15, -0.1) is 0 Å². The van der Waals surface area contributed by atoms with E-state index in [1.807, 2.05) is 30.3 Å². The summed E-state index contributed by atoms with van der Waals surface area (Å²) in [6.45, 7) is 0.674. The van der Waals surface area contributed by atoms with Gasteiger partial charge in [0, 0.05) is 11.6 Å². The highest BCUT2D eigenvalue weighted by molar-refractivity contribution is 5.84. The molecule has 2 aromatic rings. The van der Waals surface area contributed by atoms with Gasteiger partial charge in [-0.1, -0.05) is 12.1 Å². The Hall–Kier alpha value is -2.10. The van der Waals surface area contributed by atoms with Crippen LogP contribution >= 0.6 is 0 Å². The van der Waals surface area contributed by atoms with Crippen LogP contribution < -0.4 is 4.74 Å². The number of nitrogens with zero attached hydrogens (tertiary/aromatic N) is 1. The lowest BCUT2D eigenvalue weighted by Crippen LogP contribution is -2.25. The summed E-state index contributed by atoms with van der Waals surface area (Å²) in [5, 5.41) is 0.980. The Morgan fingerprint density at radius 2 is 1.88 bits per heavy atom. The molecule has 0 N–H and O–H groups in total. The van der Waals surface area contributed by atoms with E-state index in [0.717, 1.165) is 29.5 Å². The van der Waals surface area contributed by atoms with Gasteiger partial charge in [0.15, 0.2) is 0 Å². The molecule has 2 fully saturated rings. The van der Waals surface area contributed by atoms with E-state index in [2.05, 4.69) is 4.98 Å². The average Bonchev–Trinajstić information content (AvgIpc) is 3.38. The largest absolute Gasteiger partial charge is 0.489 e. The molecule has 4 heteroatoms. The van der Waals surface area contributed by atoms with Crippen molar-refractivity contribution in [1.29, 1.82) is 0 Å². The van der Waals surface area contributed by atoms with Crippen LogP contribution in [0.5, 0.6) is 5.75 Å². The fourth-order valence-electron chi connectivity index (χ4n) is 3.75. The molecule has 0 unspecified atom stereocenters. The van der Waals surface area contributed by atoms with Crippen LogP contribution in [-0.4, -0.2) is 24.2 Å². The molecule has 1 spiro atoms. The van der Waals surface area contributed by atoms with Gasteiger partial charge in [-0.2, -0.15) is 0 Å². The number of fused-ring (bicyclic) bond motifs is 1. The zero-order valence-corrected chi connectivity index (χ0v) is 13.9. The lowest BCUT2D eigenvalue weighted by Gasteiger charge is -2.26. The van der Waals surface area contributed by atoms with Crippen LogP contribution in [0.4, 0.5) is 0 Å². The minimum atomic E-state index is -0.0475. The number of carbonyl (C=O) groups is 1. The summed E-state index contributed by atoms with van der Waals surface area (Å²) >= 11 is 0. The van der Waals surface area contributed by atoms with E-state index in [-0.39, 0.29) is 11.9 Å². The van der Waals surface area contributed by atoms with Crippen molar-refractivity contribution in [3.05, 3.63) is 36.5 Å². The minimum Gasteiger partial charge on any atom is -0.489 e. The molecule has 0 aliphatic heterocycles. The summed E-state index contributed by atoms with van der Waals surface area (Å²) in [5.74, 6) is 0.830. The summed E-state index contributed by atoms with van der Waals surface area (Å²) < 4.78 is 11.2. The maximum atomic E-state index is 12.2. The van der Waals surface area contributed by atoms with Gasteiger partial charge in [-0.3, -0.25) is 9.78 Å². The molecule has 1 aromatic heterocycles. The third-order valence-corrected chi connectivity index (χ3v) is 5.53. The Morgan fingerprint density at radius 3 is 2.67 bits per heavy atom. The van der Waals surface area contributed by atoms with Crippen molar-refractivity contribution in [2.24, 2.45) is 11.3 Å². The monoisotopic (exact) mass is 325 g/mol. The van der Waals surface area contributed by atoms with Gasteiger partial charge in [0.05, 0.1) is 11.4 Å². The number of hydrogen-bond acceptors (Lipinski definition) is 4. The predicted molar refractivity (Wildman–Crippen MR) is 91.8 cm³/mol. The van der Waals surface area contributed by atoms with Gasteiger partial charge in [0.1, 0.15) is 19.0 Å². The predicted octanol–water partition coefficient (Wildman–Crippen LogP) is 4.13. The molecule has 2 aliphatic carbocycles. The molecule has 1 heterocycles. The molecule has 0 bridgehead atoms. The quantitative estimate of drug-likeness (QED) is 0.613. The smallest absolute Gasteiger partial charge is 0.309 e. The Labute approximate surface area is 142 Å². The standard InChI is InChI=1S/C20H23NO3/c22-19(15-5-8-20(9-6-15)10-11-20)24-14-13-23-18-7-12-21-17-4-2-1-3-16(17)18/h1-4,7,12,15H,5-6,8-11,13-14H2. The summed E-state index contributed by atoms with van der Waals surface area (Å²) in [4.78, 5) is 16.5. The molecule has 4 rings (SSSR count). The first kappa shape index (κ1) is 15.4. The van der Waals surface area contributed by atoms with Gasteiger partial charge >= 0.3 is 5.97 Å². The minimum absolute atomic E-state index is 0.0475. The molecule has 2 aliphatic rings. The van der Waals surface area contributed by atoms with Crippen LogP contribution in [0.1, 0.15) is 38.5 Å². The first-order valence-electron chi connectivity index (χ1n) is 8.89. The highest BCUT2D eigenvalue weighted by Crippen LogP contribution is 2.57. The SMILES string of the molecule is O=C(OCCOc1ccnc2ccccc12)C1CCC2(CC1)CC2. The second kappa shape index (κ2) is 6.42. The van der Waals surface area contributed by atoms with Gasteiger partial charge in [-0.05, 0) is 62.1 Å². The zero-order chi connectivity index (χ0) is 16.4. The number of carbonyl (C=O) groups excluding carboxylic acids is 1. The Bertz CT molecular complexity index is 723. The van der Waals surface area contributed by atoms with Crippen LogP contribution in [0.2, 0.25) is 0 Å². The summed E-state index contributed by atoms with van der Waals surface area (Å²) in [5.41, 5.74) is 1.52. The van der Waals surface area contributed by atoms with E-state index >= 15 is 0 Å². The maximum absolute atomic E-state index is 12.2.